The number of alkyl halides is 3. The zero-order chi connectivity index (χ0) is 23.1. The molecule has 2 rings (SSSR count). The van der Waals surface area contributed by atoms with Crippen molar-refractivity contribution in [1.82, 2.24) is 0 Å². The molecule has 0 aliphatic heterocycles. The van der Waals surface area contributed by atoms with Gasteiger partial charge in [-0.3, -0.25) is 9.59 Å². The predicted octanol–water partition coefficient (Wildman–Crippen LogP) is 2.60. The molecule has 0 unspecified atom stereocenters. The van der Waals surface area contributed by atoms with Crippen molar-refractivity contribution in [2.45, 2.75) is 41.8 Å². The molecular formula is C17H17F3N2O6S2. The number of amides is 2. The van der Waals surface area contributed by atoms with Gasteiger partial charge in [0.2, 0.25) is 9.84 Å². The van der Waals surface area contributed by atoms with E-state index >= 15 is 0 Å². The molecule has 0 aliphatic carbocycles. The van der Waals surface area contributed by atoms with Gasteiger partial charge in [0.25, 0.3) is 11.8 Å². The molecule has 0 bridgehead atoms. The highest BCUT2D eigenvalue weighted by Gasteiger charge is 2.33. The zero-order valence-electron chi connectivity index (χ0n) is 15.8. The number of halogens is 3. The number of nitrogens with one attached hydrogen (secondary N) is 1. The van der Waals surface area contributed by atoms with Crippen LogP contribution in [0.2, 0.25) is 0 Å². The van der Waals surface area contributed by atoms with Gasteiger partial charge in [-0.25, -0.2) is 8.42 Å². The van der Waals surface area contributed by atoms with E-state index in [4.69, 9.17) is 5.73 Å². The summed E-state index contributed by atoms with van der Waals surface area (Å²) in [6.45, 7) is 3.67. The van der Waals surface area contributed by atoms with E-state index in [1.54, 1.807) is 0 Å². The third-order valence-corrected chi connectivity index (χ3v) is 7.34. The van der Waals surface area contributed by atoms with Crippen molar-refractivity contribution in [3.05, 3.63) is 35.4 Å². The van der Waals surface area contributed by atoms with E-state index in [1.165, 1.54) is 20.8 Å². The summed E-state index contributed by atoms with van der Waals surface area (Å²) in [5, 5.41) is 11.9. The lowest BCUT2D eigenvalue weighted by atomic mass is 10.1. The summed E-state index contributed by atoms with van der Waals surface area (Å²) in [6.07, 6.45) is -4.94. The van der Waals surface area contributed by atoms with E-state index in [2.05, 4.69) is 10.1 Å². The van der Waals surface area contributed by atoms with E-state index in [-0.39, 0.29) is 25.2 Å². The largest absolute Gasteiger partial charge is 0.573 e. The van der Waals surface area contributed by atoms with Crippen LogP contribution in [0, 0.1) is 6.92 Å². The third-order valence-electron chi connectivity index (χ3n) is 3.74. The smallest absolute Gasteiger partial charge is 0.406 e. The molecular weight excluding hydrogens is 449 g/mol. The monoisotopic (exact) mass is 466 g/mol. The van der Waals surface area contributed by atoms with Crippen LogP contribution in [0.4, 0.5) is 18.2 Å². The van der Waals surface area contributed by atoms with Crippen molar-refractivity contribution in [1.29, 1.82) is 0 Å². The number of rotatable bonds is 6. The number of benzene rings is 1. The third kappa shape index (κ3) is 5.09. The Hall–Kier alpha value is -2.64. The number of ether oxygens (including phenoxy) is 1. The van der Waals surface area contributed by atoms with Gasteiger partial charge in [0.1, 0.15) is 20.6 Å². The topological polar surface area (TPSA) is 136 Å². The first-order chi connectivity index (χ1) is 13.5. The number of carbonyl (C=O) groups excluding carboxylic acids is 2. The molecule has 0 radical (unpaired) electrons. The first kappa shape index (κ1) is 23.6. The second-order valence-corrected chi connectivity index (χ2v) is 9.78. The number of nitrogens with two attached hydrogens (primary N) is 1. The standard InChI is InChI=1S/C17H17F3N2O6S2/c1-8-11(12(21)23)13(22-15(24)16(2,3)25)29-14(8)30(26,27)10-6-4-9(5-7-10)28-17(18,19)20/h4-7,25H,1-3H3,(H2,21,23)(H,22,24). The molecule has 4 N–H and O–H groups in total. The first-order valence-electron chi connectivity index (χ1n) is 8.12. The minimum Gasteiger partial charge on any atom is -0.406 e. The summed E-state index contributed by atoms with van der Waals surface area (Å²) in [4.78, 5) is 23.5. The highest BCUT2D eigenvalue weighted by Crippen LogP contribution is 2.39. The van der Waals surface area contributed by atoms with Crippen LogP contribution in [0.3, 0.4) is 0 Å². The maximum Gasteiger partial charge on any atom is 0.573 e. The fourth-order valence-electron chi connectivity index (χ4n) is 2.32. The molecule has 1 aromatic carbocycles. The number of carbonyl (C=O) groups is 2. The van der Waals surface area contributed by atoms with Crippen LogP contribution < -0.4 is 15.8 Å². The van der Waals surface area contributed by atoms with Gasteiger partial charge in [0.15, 0.2) is 0 Å². The van der Waals surface area contributed by atoms with Crippen molar-refractivity contribution in [3.63, 3.8) is 0 Å². The Kier molecular flexibility index (Phi) is 6.21. The van der Waals surface area contributed by atoms with Crippen molar-refractivity contribution in [3.8, 4) is 5.75 Å². The average molecular weight is 466 g/mol. The van der Waals surface area contributed by atoms with E-state index in [0.717, 1.165) is 24.3 Å². The van der Waals surface area contributed by atoms with Gasteiger partial charge in [-0.15, -0.1) is 24.5 Å². The van der Waals surface area contributed by atoms with E-state index < -0.39 is 39.4 Å². The van der Waals surface area contributed by atoms with Crippen molar-refractivity contribution >= 4 is 38.0 Å². The lowest BCUT2D eigenvalue weighted by Crippen LogP contribution is -2.37. The number of sulfone groups is 1. The maximum absolute atomic E-state index is 13.0. The van der Waals surface area contributed by atoms with Gasteiger partial charge < -0.3 is 20.9 Å². The molecule has 0 aliphatic rings. The highest BCUT2D eigenvalue weighted by atomic mass is 32.2. The van der Waals surface area contributed by atoms with E-state index in [0.29, 0.717) is 11.3 Å². The van der Waals surface area contributed by atoms with Gasteiger partial charge in [0, 0.05) is 0 Å². The van der Waals surface area contributed by atoms with Gasteiger partial charge in [-0.2, -0.15) is 0 Å². The Balaban J connectivity index is 2.51. The fraction of sp³-hybridized carbons (Fsp3) is 0.294. The number of hydrogen-bond acceptors (Lipinski definition) is 7. The summed E-state index contributed by atoms with van der Waals surface area (Å²) >= 11 is 0.532. The fourth-order valence-corrected chi connectivity index (χ4v) is 5.45. The molecule has 164 valence electrons. The Morgan fingerprint density at radius 3 is 2.13 bits per heavy atom. The van der Waals surface area contributed by atoms with Crippen molar-refractivity contribution in [2.24, 2.45) is 5.73 Å². The normalized spacial score (nSPS) is 12.5. The molecule has 30 heavy (non-hydrogen) atoms. The number of thiophene rings is 1. The van der Waals surface area contributed by atoms with Crippen LogP contribution in [0.25, 0.3) is 0 Å². The second kappa shape index (κ2) is 7.89. The van der Waals surface area contributed by atoms with E-state index in [9.17, 15) is 36.3 Å². The molecule has 13 heteroatoms. The summed E-state index contributed by atoms with van der Waals surface area (Å²) in [6, 6.07) is 3.48. The first-order valence-corrected chi connectivity index (χ1v) is 10.4. The highest BCUT2D eigenvalue weighted by molar-refractivity contribution is 7.93. The van der Waals surface area contributed by atoms with Gasteiger partial charge >= 0.3 is 6.36 Å². The number of anilines is 1. The molecule has 1 heterocycles. The number of primary amides is 1. The van der Waals surface area contributed by atoms with Gasteiger partial charge in [-0.1, -0.05) is 0 Å². The maximum atomic E-state index is 13.0. The Morgan fingerprint density at radius 1 is 1.17 bits per heavy atom. The Morgan fingerprint density at radius 2 is 1.70 bits per heavy atom. The van der Waals surface area contributed by atoms with Crippen molar-refractivity contribution < 1.29 is 41.0 Å². The summed E-state index contributed by atoms with van der Waals surface area (Å²) in [5.41, 5.74) is 3.19. The molecule has 8 nitrogen and oxygen atoms in total. The Labute approximate surface area is 173 Å². The summed E-state index contributed by atoms with van der Waals surface area (Å²) in [7, 11) is -4.28. The minimum atomic E-state index is -4.94. The SMILES string of the molecule is Cc1c(S(=O)(=O)c2ccc(OC(F)(F)F)cc2)sc(NC(=O)C(C)(C)O)c1C(N)=O. The zero-order valence-corrected chi connectivity index (χ0v) is 17.5. The van der Waals surface area contributed by atoms with Crippen LogP contribution >= 0.6 is 11.3 Å². The van der Waals surface area contributed by atoms with Crippen LogP contribution in [-0.2, 0) is 14.6 Å². The second-order valence-electron chi connectivity index (χ2n) is 6.62. The molecule has 0 spiro atoms. The Bertz CT molecular complexity index is 1080. The lowest BCUT2D eigenvalue weighted by Gasteiger charge is -2.16. The van der Waals surface area contributed by atoms with E-state index in [1.807, 2.05) is 0 Å². The average Bonchev–Trinajstić information content (AvgIpc) is 2.90. The minimum absolute atomic E-state index is 0.0471. The molecule has 0 saturated carbocycles. The molecule has 0 atom stereocenters. The molecule has 0 saturated heterocycles. The van der Waals surface area contributed by atoms with Crippen LogP contribution in [0.5, 0.6) is 5.75 Å². The quantitative estimate of drug-likeness (QED) is 0.599. The molecule has 1 aromatic heterocycles. The molecule has 2 aromatic rings. The number of hydrogen-bond donors (Lipinski definition) is 3. The predicted molar refractivity (Wildman–Crippen MR) is 101 cm³/mol. The van der Waals surface area contributed by atoms with Crippen LogP contribution in [0.15, 0.2) is 33.4 Å². The van der Waals surface area contributed by atoms with Gasteiger partial charge in [0.05, 0.1) is 10.5 Å². The van der Waals surface area contributed by atoms with Crippen molar-refractivity contribution in [2.75, 3.05) is 5.32 Å². The van der Waals surface area contributed by atoms with Crippen LogP contribution in [0.1, 0.15) is 29.8 Å². The summed E-state index contributed by atoms with van der Waals surface area (Å²) in [5.74, 6) is -2.52. The molecule has 0 fully saturated rings. The number of aliphatic hydroxyl groups is 1. The lowest BCUT2D eigenvalue weighted by molar-refractivity contribution is -0.274. The molecule has 2 amide bonds. The summed E-state index contributed by atoms with van der Waals surface area (Å²) < 4.78 is 66.1. The van der Waals surface area contributed by atoms with Gasteiger partial charge in [-0.05, 0) is 50.6 Å². The van der Waals surface area contributed by atoms with Crippen LogP contribution in [-0.4, -0.2) is 37.3 Å².